The molecule has 20 heavy (non-hydrogen) atoms. The zero-order valence-electron chi connectivity index (χ0n) is 11.6. The van der Waals surface area contributed by atoms with Crippen LogP contribution in [0.15, 0.2) is 28.8 Å². The first-order chi connectivity index (χ1) is 9.76. The summed E-state index contributed by atoms with van der Waals surface area (Å²) < 4.78 is 11.1. The van der Waals surface area contributed by atoms with E-state index in [1.807, 2.05) is 18.2 Å². The highest BCUT2D eigenvalue weighted by molar-refractivity contribution is 5.37. The Balaban J connectivity index is 1.67. The van der Waals surface area contributed by atoms with Crippen LogP contribution in [0.4, 0.5) is 0 Å². The van der Waals surface area contributed by atoms with Crippen LogP contribution in [0.5, 0.6) is 5.75 Å². The molecule has 1 aromatic carbocycles. The molecule has 106 valence electrons. The van der Waals surface area contributed by atoms with Gasteiger partial charge in [0, 0.05) is 18.9 Å². The Bertz CT molecular complexity index is 557. The van der Waals surface area contributed by atoms with E-state index in [0.717, 1.165) is 25.0 Å². The van der Waals surface area contributed by atoms with Gasteiger partial charge < -0.3 is 15.0 Å². The van der Waals surface area contributed by atoms with E-state index in [1.165, 1.54) is 5.56 Å². The van der Waals surface area contributed by atoms with Crippen LogP contribution >= 0.6 is 0 Å². The van der Waals surface area contributed by atoms with E-state index in [-0.39, 0.29) is 12.1 Å². The fraction of sp³-hybridized carbons (Fsp3) is 0.467. The normalized spacial score (nSPS) is 18.6. The second-order valence-corrected chi connectivity index (χ2v) is 5.22. The summed E-state index contributed by atoms with van der Waals surface area (Å²) in [6, 6.07) is 8.08. The van der Waals surface area contributed by atoms with Crippen molar-refractivity contribution in [3.8, 4) is 5.75 Å². The number of hydrogen-bond acceptors (Lipinski definition) is 5. The Kier molecular flexibility index (Phi) is 3.69. The summed E-state index contributed by atoms with van der Waals surface area (Å²) in [6.07, 6.45) is 3.29. The Morgan fingerprint density at radius 2 is 2.25 bits per heavy atom. The average molecular weight is 273 g/mol. The number of para-hydroxylation sites is 1. The summed E-state index contributed by atoms with van der Waals surface area (Å²) in [6.45, 7) is 2.11. The zero-order valence-corrected chi connectivity index (χ0v) is 11.6. The summed E-state index contributed by atoms with van der Waals surface area (Å²) in [7, 11) is 0. The number of nitrogens with zero attached hydrogens (tertiary/aromatic N) is 2. The van der Waals surface area contributed by atoms with Gasteiger partial charge in [-0.25, -0.2) is 0 Å². The summed E-state index contributed by atoms with van der Waals surface area (Å²) in [5, 5.41) is 4.03. The van der Waals surface area contributed by atoms with Gasteiger partial charge in [0.2, 0.25) is 11.7 Å². The number of hydrogen-bond donors (Lipinski definition) is 1. The second kappa shape index (κ2) is 5.63. The van der Waals surface area contributed by atoms with Gasteiger partial charge in [-0.05, 0) is 18.1 Å². The molecule has 5 heteroatoms. The first-order valence-corrected chi connectivity index (χ1v) is 7.09. The molecule has 1 aliphatic rings. The summed E-state index contributed by atoms with van der Waals surface area (Å²) in [5.74, 6) is 2.12. The van der Waals surface area contributed by atoms with Crippen molar-refractivity contribution in [1.82, 2.24) is 10.1 Å². The van der Waals surface area contributed by atoms with Gasteiger partial charge in [0.25, 0.3) is 0 Å². The minimum Gasteiger partial charge on any atom is -0.482 e. The van der Waals surface area contributed by atoms with Gasteiger partial charge in [-0.15, -0.1) is 0 Å². The maximum absolute atomic E-state index is 5.99. The van der Waals surface area contributed by atoms with Crippen LogP contribution in [0.25, 0.3) is 0 Å². The summed E-state index contributed by atoms with van der Waals surface area (Å²) in [4.78, 5) is 4.41. The largest absolute Gasteiger partial charge is 0.482 e. The highest BCUT2D eigenvalue weighted by Gasteiger charge is 2.28. The molecule has 2 heterocycles. The summed E-state index contributed by atoms with van der Waals surface area (Å²) >= 11 is 0. The Hall–Kier alpha value is -1.88. The average Bonchev–Trinajstić information content (AvgIpc) is 3.04. The van der Waals surface area contributed by atoms with Gasteiger partial charge in [0.05, 0.1) is 0 Å². The summed E-state index contributed by atoms with van der Waals surface area (Å²) in [5.41, 5.74) is 7.18. The van der Waals surface area contributed by atoms with Crippen molar-refractivity contribution in [3.05, 3.63) is 41.5 Å². The number of rotatable bonds is 5. The van der Waals surface area contributed by atoms with Crippen molar-refractivity contribution in [2.24, 2.45) is 5.73 Å². The maximum Gasteiger partial charge on any atom is 0.228 e. The molecule has 2 aromatic rings. The molecule has 2 unspecified atom stereocenters. The number of nitrogens with two attached hydrogens (primary N) is 1. The molecular formula is C15H19N3O2. The van der Waals surface area contributed by atoms with Crippen molar-refractivity contribution < 1.29 is 9.26 Å². The minimum absolute atomic E-state index is 0.0787. The number of aromatic nitrogens is 2. The molecule has 0 saturated carbocycles. The van der Waals surface area contributed by atoms with E-state index < -0.39 is 0 Å². The molecule has 0 saturated heterocycles. The van der Waals surface area contributed by atoms with Gasteiger partial charge in [-0.1, -0.05) is 36.7 Å². The lowest BCUT2D eigenvalue weighted by molar-refractivity contribution is 0.221. The predicted octanol–water partition coefficient (Wildman–Crippen LogP) is 2.42. The molecule has 0 spiro atoms. The second-order valence-electron chi connectivity index (χ2n) is 5.22. The van der Waals surface area contributed by atoms with Gasteiger partial charge >= 0.3 is 0 Å². The molecule has 2 atom stereocenters. The lowest BCUT2D eigenvalue weighted by Gasteiger charge is -2.06. The van der Waals surface area contributed by atoms with Crippen molar-refractivity contribution in [3.63, 3.8) is 0 Å². The van der Waals surface area contributed by atoms with Gasteiger partial charge in [-0.2, -0.15) is 4.98 Å². The predicted molar refractivity (Wildman–Crippen MR) is 74.4 cm³/mol. The smallest absolute Gasteiger partial charge is 0.228 e. The quantitative estimate of drug-likeness (QED) is 0.905. The SMILES string of the molecule is CCCC(N)Cc1nc(C2Cc3ccccc3O2)no1. The van der Waals surface area contributed by atoms with E-state index >= 15 is 0 Å². The van der Waals surface area contributed by atoms with Crippen LogP contribution in [-0.4, -0.2) is 16.2 Å². The van der Waals surface area contributed by atoms with Crippen LogP contribution in [0.1, 0.15) is 43.1 Å². The van der Waals surface area contributed by atoms with E-state index in [9.17, 15) is 0 Å². The Morgan fingerprint density at radius 1 is 1.40 bits per heavy atom. The van der Waals surface area contributed by atoms with Crippen LogP contribution in [0.2, 0.25) is 0 Å². The Labute approximate surface area is 118 Å². The van der Waals surface area contributed by atoms with E-state index in [1.54, 1.807) is 0 Å². The molecule has 2 N–H and O–H groups in total. The van der Waals surface area contributed by atoms with E-state index in [4.69, 9.17) is 15.0 Å². The lowest BCUT2D eigenvalue weighted by atomic mass is 10.1. The number of fused-ring (bicyclic) bond motifs is 1. The molecule has 0 amide bonds. The molecule has 0 aliphatic carbocycles. The zero-order chi connectivity index (χ0) is 13.9. The molecule has 1 aromatic heterocycles. The van der Waals surface area contributed by atoms with Crippen molar-refractivity contribution >= 4 is 0 Å². The fourth-order valence-corrected chi connectivity index (χ4v) is 2.50. The van der Waals surface area contributed by atoms with Crippen LogP contribution in [0.3, 0.4) is 0 Å². The monoisotopic (exact) mass is 273 g/mol. The van der Waals surface area contributed by atoms with Crippen molar-refractivity contribution in [2.75, 3.05) is 0 Å². The molecule has 1 aliphatic heterocycles. The first-order valence-electron chi connectivity index (χ1n) is 7.09. The molecule has 3 rings (SSSR count). The van der Waals surface area contributed by atoms with Crippen LogP contribution in [0, 0.1) is 0 Å². The molecular weight excluding hydrogens is 254 g/mol. The third-order valence-corrected chi connectivity index (χ3v) is 3.52. The van der Waals surface area contributed by atoms with Gasteiger partial charge in [0.15, 0.2) is 6.10 Å². The Morgan fingerprint density at radius 3 is 3.05 bits per heavy atom. The van der Waals surface area contributed by atoms with Crippen molar-refractivity contribution in [2.45, 2.75) is 44.8 Å². The fourth-order valence-electron chi connectivity index (χ4n) is 2.50. The minimum atomic E-state index is -0.146. The van der Waals surface area contributed by atoms with Gasteiger partial charge in [0.1, 0.15) is 5.75 Å². The maximum atomic E-state index is 5.99. The third kappa shape index (κ3) is 2.67. The first kappa shape index (κ1) is 13.1. The van der Waals surface area contributed by atoms with E-state index in [0.29, 0.717) is 18.1 Å². The van der Waals surface area contributed by atoms with E-state index in [2.05, 4.69) is 23.1 Å². The van der Waals surface area contributed by atoms with Crippen LogP contribution < -0.4 is 10.5 Å². The lowest BCUT2D eigenvalue weighted by Crippen LogP contribution is -2.22. The highest BCUT2D eigenvalue weighted by atomic mass is 16.5. The third-order valence-electron chi connectivity index (χ3n) is 3.52. The number of benzene rings is 1. The molecule has 0 bridgehead atoms. The highest BCUT2D eigenvalue weighted by Crippen LogP contribution is 2.35. The number of ether oxygens (including phenoxy) is 1. The molecule has 0 fully saturated rings. The van der Waals surface area contributed by atoms with Gasteiger partial charge in [-0.3, -0.25) is 0 Å². The molecule has 0 radical (unpaired) electrons. The topological polar surface area (TPSA) is 74.2 Å². The van der Waals surface area contributed by atoms with Crippen molar-refractivity contribution in [1.29, 1.82) is 0 Å². The van der Waals surface area contributed by atoms with Crippen LogP contribution in [-0.2, 0) is 12.8 Å². The molecule has 5 nitrogen and oxygen atoms in total. The standard InChI is InChI=1S/C15H19N3O2/c1-2-5-11(16)9-14-17-15(18-20-14)13-8-10-6-3-4-7-12(10)19-13/h3-4,6-7,11,13H,2,5,8-9,16H2,1H3.